The molecule has 0 N–H and O–H groups in total. The van der Waals surface area contributed by atoms with E-state index in [1.807, 2.05) is 19.0 Å². The molecule has 0 radical (unpaired) electrons. The van der Waals surface area contributed by atoms with Gasteiger partial charge in [0.15, 0.2) is 0 Å². The van der Waals surface area contributed by atoms with E-state index in [-0.39, 0.29) is 5.91 Å². The molecule has 0 spiro atoms. The number of nitrogens with zero attached hydrogens (tertiary/aromatic N) is 2. The molecule has 0 aromatic rings. The van der Waals surface area contributed by atoms with Gasteiger partial charge in [-0.15, -0.1) is 0 Å². The summed E-state index contributed by atoms with van der Waals surface area (Å²) in [6.45, 7) is 5.10. The van der Waals surface area contributed by atoms with E-state index < -0.39 is 0 Å². The van der Waals surface area contributed by atoms with Crippen LogP contribution in [0.4, 0.5) is 0 Å². The van der Waals surface area contributed by atoms with Crippen LogP contribution in [-0.4, -0.2) is 41.8 Å². The molecule has 0 aliphatic rings. The number of carbonyl (C=O) groups is 1. The van der Waals surface area contributed by atoms with Crippen molar-refractivity contribution >= 4 is 18.5 Å². The minimum Gasteiger partial charge on any atom is -0.275 e. The molecule has 0 aliphatic heterocycles. The molecule has 1 amide bonds. The molecule has 0 aliphatic carbocycles. The summed E-state index contributed by atoms with van der Waals surface area (Å²) < 4.78 is 0. The highest BCUT2D eigenvalue weighted by molar-refractivity contribution is 7.80. The number of hydrogen-bond donors (Lipinski definition) is 1. The minimum atomic E-state index is 0.0726. The number of hydrogen-bond acceptors (Lipinski definition) is 3. The van der Waals surface area contributed by atoms with Gasteiger partial charge >= 0.3 is 0 Å². The number of hydrazine groups is 1. The second-order valence-electron chi connectivity index (χ2n) is 2.34. The van der Waals surface area contributed by atoms with Crippen LogP contribution in [0.2, 0.25) is 0 Å². The Morgan fingerprint density at radius 2 is 2.09 bits per heavy atom. The topological polar surface area (TPSA) is 23.6 Å². The monoisotopic (exact) mass is 176 g/mol. The molecule has 4 heteroatoms. The van der Waals surface area contributed by atoms with Crippen molar-refractivity contribution in [1.29, 1.82) is 0 Å². The summed E-state index contributed by atoms with van der Waals surface area (Å²) in [4.78, 5) is 11.0. The second-order valence-corrected chi connectivity index (χ2v) is 2.79. The Kier molecular flexibility index (Phi) is 5.32. The molecular formula is C7H16N2OS. The Morgan fingerprint density at radius 1 is 1.55 bits per heavy atom. The number of carbonyl (C=O) groups excluding carboxylic acids is 1. The summed E-state index contributed by atoms with van der Waals surface area (Å²) in [6.07, 6.45) is 0. The highest BCUT2D eigenvalue weighted by atomic mass is 32.1. The summed E-state index contributed by atoms with van der Waals surface area (Å²) in [7, 11) is 1.89. The zero-order chi connectivity index (χ0) is 8.85. The average molecular weight is 176 g/mol. The van der Waals surface area contributed by atoms with E-state index in [2.05, 4.69) is 12.6 Å². The zero-order valence-electron chi connectivity index (χ0n) is 7.37. The SMILES string of the molecule is CCN(C)N(CCS)C(C)=O. The van der Waals surface area contributed by atoms with Crippen LogP contribution in [-0.2, 0) is 4.79 Å². The van der Waals surface area contributed by atoms with Crippen molar-refractivity contribution in [1.82, 2.24) is 10.0 Å². The van der Waals surface area contributed by atoms with Gasteiger partial charge in [-0.1, -0.05) is 6.92 Å². The third-order valence-corrected chi connectivity index (χ3v) is 1.75. The third-order valence-electron chi connectivity index (χ3n) is 1.55. The molecule has 0 heterocycles. The highest BCUT2D eigenvalue weighted by Gasteiger charge is 2.10. The van der Waals surface area contributed by atoms with Gasteiger partial charge in [-0.05, 0) is 0 Å². The van der Waals surface area contributed by atoms with Crippen LogP contribution >= 0.6 is 12.6 Å². The molecule has 0 rings (SSSR count). The van der Waals surface area contributed by atoms with Crippen LogP contribution in [0.15, 0.2) is 0 Å². The number of amides is 1. The molecule has 0 aromatic carbocycles. The minimum absolute atomic E-state index is 0.0726. The molecule has 0 saturated carbocycles. The van der Waals surface area contributed by atoms with Crippen molar-refractivity contribution in [2.75, 3.05) is 25.9 Å². The number of thiol groups is 1. The maximum Gasteiger partial charge on any atom is 0.233 e. The molecule has 0 saturated heterocycles. The molecule has 0 bridgehead atoms. The van der Waals surface area contributed by atoms with Crippen LogP contribution < -0.4 is 0 Å². The van der Waals surface area contributed by atoms with Crippen LogP contribution in [0.3, 0.4) is 0 Å². The first-order chi connectivity index (χ1) is 5.13. The fourth-order valence-electron chi connectivity index (χ4n) is 0.834. The Bertz CT molecular complexity index is 130. The van der Waals surface area contributed by atoms with Crippen molar-refractivity contribution in [2.24, 2.45) is 0 Å². The van der Waals surface area contributed by atoms with Crippen molar-refractivity contribution in [3.05, 3.63) is 0 Å². The summed E-state index contributed by atoms with van der Waals surface area (Å²) in [5, 5.41) is 3.57. The third kappa shape index (κ3) is 3.62. The summed E-state index contributed by atoms with van der Waals surface area (Å²) >= 11 is 4.07. The van der Waals surface area contributed by atoms with E-state index in [0.29, 0.717) is 12.3 Å². The molecule has 0 aromatic heterocycles. The molecule has 3 nitrogen and oxygen atoms in total. The van der Waals surface area contributed by atoms with Gasteiger partial charge in [0.25, 0.3) is 0 Å². The second kappa shape index (κ2) is 5.43. The molecule has 0 fully saturated rings. The van der Waals surface area contributed by atoms with Crippen LogP contribution in [0.1, 0.15) is 13.8 Å². The van der Waals surface area contributed by atoms with Gasteiger partial charge in [0.2, 0.25) is 5.91 Å². The molecular weight excluding hydrogens is 160 g/mol. The Balaban J connectivity index is 3.97. The van der Waals surface area contributed by atoms with E-state index in [1.165, 1.54) is 0 Å². The quantitative estimate of drug-likeness (QED) is 0.502. The van der Waals surface area contributed by atoms with E-state index in [9.17, 15) is 4.79 Å². The van der Waals surface area contributed by atoms with Gasteiger partial charge in [0.05, 0.1) is 0 Å². The average Bonchev–Trinajstić information content (AvgIpc) is 1.98. The van der Waals surface area contributed by atoms with E-state index in [4.69, 9.17) is 0 Å². The molecule has 0 unspecified atom stereocenters. The van der Waals surface area contributed by atoms with E-state index in [0.717, 1.165) is 6.54 Å². The van der Waals surface area contributed by atoms with Crippen LogP contribution in [0, 0.1) is 0 Å². The Hall–Kier alpha value is -0.220. The van der Waals surface area contributed by atoms with Crippen LogP contribution in [0.25, 0.3) is 0 Å². The largest absolute Gasteiger partial charge is 0.275 e. The standard InChI is InChI=1S/C7H16N2OS/c1-4-8(3)9(5-6-11)7(2)10/h11H,4-6H2,1-3H3. The normalized spacial score (nSPS) is 10.3. The van der Waals surface area contributed by atoms with Gasteiger partial charge in [-0.3, -0.25) is 9.80 Å². The van der Waals surface area contributed by atoms with E-state index in [1.54, 1.807) is 11.9 Å². The fourth-order valence-corrected chi connectivity index (χ4v) is 1.02. The molecule has 0 atom stereocenters. The van der Waals surface area contributed by atoms with Gasteiger partial charge in [-0.25, -0.2) is 5.01 Å². The Labute approximate surface area is 73.7 Å². The highest BCUT2D eigenvalue weighted by Crippen LogP contribution is 1.95. The van der Waals surface area contributed by atoms with E-state index >= 15 is 0 Å². The lowest BCUT2D eigenvalue weighted by molar-refractivity contribution is -0.143. The zero-order valence-corrected chi connectivity index (χ0v) is 8.27. The summed E-state index contributed by atoms with van der Waals surface area (Å²) in [6, 6.07) is 0. The summed E-state index contributed by atoms with van der Waals surface area (Å²) in [5.74, 6) is 0.771. The lowest BCUT2D eigenvalue weighted by Gasteiger charge is -2.29. The first kappa shape index (κ1) is 10.8. The summed E-state index contributed by atoms with van der Waals surface area (Å²) in [5.41, 5.74) is 0. The molecule has 66 valence electrons. The molecule has 11 heavy (non-hydrogen) atoms. The van der Waals surface area contributed by atoms with Crippen molar-refractivity contribution < 1.29 is 4.79 Å². The Morgan fingerprint density at radius 3 is 2.36 bits per heavy atom. The van der Waals surface area contributed by atoms with Crippen molar-refractivity contribution in [3.63, 3.8) is 0 Å². The van der Waals surface area contributed by atoms with Crippen LogP contribution in [0.5, 0.6) is 0 Å². The maximum absolute atomic E-state index is 11.0. The lowest BCUT2D eigenvalue weighted by Crippen LogP contribution is -2.43. The van der Waals surface area contributed by atoms with Crippen molar-refractivity contribution in [2.45, 2.75) is 13.8 Å². The van der Waals surface area contributed by atoms with Crippen molar-refractivity contribution in [3.8, 4) is 0 Å². The number of rotatable bonds is 4. The van der Waals surface area contributed by atoms with Gasteiger partial charge in [0.1, 0.15) is 0 Å². The fraction of sp³-hybridized carbons (Fsp3) is 0.857. The predicted octanol–water partition coefficient (Wildman–Crippen LogP) is 0.631. The smallest absolute Gasteiger partial charge is 0.233 e. The van der Waals surface area contributed by atoms with Gasteiger partial charge in [-0.2, -0.15) is 12.6 Å². The lowest BCUT2D eigenvalue weighted by atomic mass is 10.6. The first-order valence-electron chi connectivity index (χ1n) is 3.73. The predicted molar refractivity (Wildman–Crippen MR) is 49.5 cm³/mol. The maximum atomic E-state index is 11.0. The van der Waals surface area contributed by atoms with Gasteiger partial charge in [0, 0.05) is 32.8 Å². The first-order valence-corrected chi connectivity index (χ1v) is 4.36. The van der Waals surface area contributed by atoms with Gasteiger partial charge < -0.3 is 0 Å².